The molecule has 134 valence electrons. The largest absolute Gasteiger partial charge is 0.382 e. The van der Waals surface area contributed by atoms with Crippen LogP contribution >= 0.6 is 0 Å². The number of benzene rings is 2. The summed E-state index contributed by atoms with van der Waals surface area (Å²) in [7, 11) is 0. The van der Waals surface area contributed by atoms with Crippen LogP contribution in [0.25, 0.3) is 0 Å². The zero-order valence-corrected chi connectivity index (χ0v) is 17.0. The van der Waals surface area contributed by atoms with E-state index in [0.717, 1.165) is 6.42 Å². The SMILES string of the molecule is Cc1c(C)c(C)c2c(c1C)CCC(Nc1ccc(C(C)(C)C)cc1)C2. The van der Waals surface area contributed by atoms with Gasteiger partial charge in [0.15, 0.2) is 0 Å². The van der Waals surface area contributed by atoms with E-state index in [0.29, 0.717) is 6.04 Å². The van der Waals surface area contributed by atoms with Crippen LogP contribution in [-0.2, 0) is 18.3 Å². The van der Waals surface area contributed by atoms with Crippen molar-refractivity contribution in [3.8, 4) is 0 Å². The van der Waals surface area contributed by atoms with Gasteiger partial charge in [0.2, 0.25) is 0 Å². The summed E-state index contributed by atoms with van der Waals surface area (Å²) >= 11 is 0. The van der Waals surface area contributed by atoms with E-state index in [1.807, 2.05) is 0 Å². The lowest BCUT2D eigenvalue weighted by molar-refractivity contribution is 0.589. The van der Waals surface area contributed by atoms with Gasteiger partial charge in [0, 0.05) is 11.7 Å². The van der Waals surface area contributed by atoms with E-state index in [1.54, 1.807) is 11.1 Å². The summed E-state index contributed by atoms with van der Waals surface area (Å²) in [5.74, 6) is 0. The van der Waals surface area contributed by atoms with E-state index in [-0.39, 0.29) is 5.41 Å². The molecule has 0 radical (unpaired) electrons. The van der Waals surface area contributed by atoms with Crippen LogP contribution in [0.3, 0.4) is 0 Å². The van der Waals surface area contributed by atoms with Gasteiger partial charge in [0.05, 0.1) is 0 Å². The smallest absolute Gasteiger partial charge is 0.0342 e. The van der Waals surface area contributed by atoms with Crippen LogP contribution in [0.15, 0.2) is 24.3 Å². The maximum Gasteiger partial charge on any atom is 0.0342 e. The molecule has 0 heterocycles. The topological polar surface area (TPSA) is 12.0 Å². The Morgan fingerprint density at radius 1 is 0.800 bits per heavy atom. The third-order valence-corrected chi connectivity index (χ3v) is 6.27. The van der Waals surface area contributed by atoms with Crippen molar-refractivity contribution in [3.05, 3.63) is 63.2 Å². The van der Waals surface area contributed by atoms with Crippen molar-refractivity contribution >= 4 is 5.69 Å². The molecule has 0 aromatic heterocycles. The van der Waals surface area contributed by atoms with Crippen LogP contribution < -0.4 is 5.32 Å². The molecule has 0 fully saturated rings. The molecular weight excluding hydrogens is 302 g/mol. The maximum atomic E-state index is 3.78. The summed E-state index contributed by atoms with van der Waals surface area (Å²) in [5.41, 5.74) is 12.1. The van der Waals surface area contributed by atoms with Gasteiger partial charge in [-0.3, -0.25) is 0 Å². The van der Waals surface area contributed by atoms with Gasteiger partial charge in [0.1, 0.15) is 0 Å². The molecule has 1 nitrogen and oxygen atoms in total. The first kappa shape index (κ1) is 18.0. The summed E-state index contributed by atoms with van der Waals surface area (Å²) in [6.07, 6.45) is 3.56. The molecule has 25 heavy (non-hydrogen) atoms. The summed E-state index contributed by atoms with van der Waals surface area (Å²) in [6, 6.07) is 9.56. The Hall–Kier alpha value is -1.76. The zero-order chi connectivity index (χ0) is 18.4. The lowest BCUT2D eigenvalue weighted by Gasteiger charge is -2.31. The molecule has 0 spiro atoms. The molecule has 0 saturated carbocycles. The molecule has 1 N–H and O–H groups in total. The fraction of sp³-hybridized carbons (Fsp3) is 0.500. The van der Waals surface area contributed by atoms with E-state index in [9.17, 15) is 0 Å². The van der Waals surface area contributed by atoms with Gasteiger partial charge in [-0.05, 0) is 103 Å². The average molecular weight is 336 g/mol. The first-order valence-corrected chi connectivity index (χ1v) is 9.63. The van der Waals surface area contributed by atoms with Gasteiger partial charge in [-0.1, -0.05) is 32.9 Å². The number of rotatable bonds is 2. The summed E-state index contributed by atoms with van der Waals surface area (Å²) < 4.78 is 0. The van der Waals surface area contributed by atoms with Gasteiger partial charge in [-0.15, -0.1) is 0 Å². The number of nitrogens with one attached hydrogen (secondary N) is 1. The van der Waals surface area contributed by atoms with Crippen molar-refractivity contribution in [3.63, 3.8) is 0 Å². The first-order chi connectivity index (χ1) is 11.7. The molecule has 1 unspecified atom stereocenters. The van der Waals surface area contributed by atoms with E-state index < -0.39 is 0 Å². The van der Waals surface area contributed by atoms with Crippen LogP contribution in [0.4, 0.5) is 5.69 Å². The Morgan fingerprint density at radius 3 is 1.92 bits per heavy atom. The van der Waals surface area contributed by atoms with Crippen molar-refractivity contribution < 1.29 is 0 Å². The predicted octanol–water partition coefficient (Wildman–Crippen LogP) is 6.19. The van der Waals surface area contributed by atoms with E-state index >= 15 is 0 Å². The molecule has 1 aliphatic carbocycles. The fourth-order valence-electron chi connectivity index (χ4n) is 4.17. The van der Waals surface area contributed by atoms with Crippen molar-refractivity contribution in [2.45, 2.75) is 79.2 Å². The minimum Gasteiger partial charge on any atom is -0.382 e. The van der Waals surface area contributed by atoms with Crippen molar-refractivity contribution in [1.82, 2.24) is 0 Å². The Labute approximate surface area is 153 Å². The normalized spacial score (nSPS) is 17.3. The highest BCUT2D eigenvalue weighted by molar-refractivity contribution is 5.53. The summed E-state index contributed by atoms with van der Waals surface area (Å²) in [5, 5.41) is 3.78. The fourth-order valence-corrected chi connectivity index (χ4v) is 4.17. The monoisotopic (exact) mass is 335 g/mol. The third kappa shape index (κ3) is 3.47. The molecule has 3 rings (SSSR count). The van der Waals surface area contributed by atoms with Crippen LogP contribution in [0.2, 0.25) is 0 Å². The highest BCUT2D eigenvalue weighted by Gasteiger charge is 2.24. The van der Waals surface area contributed by atoms with Crippen LogP contribution in [-0.4, -0.2) is 6.04 Å². The number of fused-ring (bicyclic) bond motifs is 1. The number of hydrogen-bond acceptors (Lipinski definition) is 1. The van der Waals surface area contributed by atoms with Crippen molar-refractivity contribution in [2.75, 3.05) is 5.32 Å². The van der Waals surface area contributed by atoms with Crippen LogP contribution in [0.5, 0.6) is 0 Å². The summed E-state index contributed by atoms with van der Waals surface area (Å²) in [6.45, 7) is 16.0. The lowest BCUT2D eigenvalue weighted by atomic mass is 9.79. The molecule has 2 aromatic carbocycles. The Kier molecular flexibility index (Phi) is 4.70. The molecule has 1 atom stereocenters. The second-order valence-electron chi connectivity index (χ2n) is 8.87. The zero-order valence-electron chi connectivity index (χ0n) is 17.0. The minimum absolute atomic E-state index is 0.215. The number of anilines is 1. The van der Waals surface area contributed by atoms with Crippen molar-refractivity contribution in [2.24, 2.45) is 0 Å². The molecule has 0 aliphatic heterocycles. The van der Waals surface area contributed by atoms with Gasteiger partial charge >= 0.3 is 0 Å². The number of hydrogen-bond donors (Lipinski definition) is 1. The standard InChI is InChI=1S/C24H33N/c1-15-16(2)18(4)23-14-21(12-13-22(23)17(15)3)25-20-10-8-19(9-11-20)24(5,6)7/h8-11,21,25H,12-14H2,1-7H3. The molecule has 1 heteroatoms. The first-order valence-electron chi connectivity index (χ1n) is 9.63. The quantitative estimate of drug-likeness (QED) is 0.690. The summed E-state index contributed by atoms with van der Waals surface area (Å²) in [4.78, 5) is 0. The maximum absolute atomic E-state index is 3.78. The van der Waals surface area contributed by atoms with Crippen molar-refractivity contribution in [1.29, 1.82) is 0 Å². The van der Waals surface area contributed by atoms with Gasteiger partial charge in [0.25, 0.3) is 0 Å². The highest BCUT2D eigenvalue weighted by Crippen LogP contribution is 2.33. The molecule has 0 bridgehead atoms. The minimum atomic E-state index is 0.215. The van der Waals surface area contributed by atoms with E-state index in [4.69, 9.17) is 0 Å². The van der Waals surface area contributed by atoms with E-state index in [2.05, 4.69) is 78.0 Å². The highest BCUT2D eigenvalue weighted by atomic mass is 14.9. The predicted molar refractivity (Wildman–Crippen MR) is 110 cm³/mol. The molecule has 0 saturated heterocycles. The van der Waals surface area contributed by atoms with Crippen LogP contribution in [0, 0.1) is 27.7 Å². The van der Waals surface area contributed by atoms with E-state index in [1.165, 1.54) is 46.3 Å². The van der Waals surface area contributed by atoms with Gasteiger partial charge in [-0.25, -0.2) is 0 Å². The Bertz CT molecular complexity index is 775. The molecule has 2 aromatic rings. The lowest BCUT2D eigenvalue weighted by Crippen LogP contribution is -2.29. The second-order valence-corrected chi connectivity index (χ2v) is 8.87. The second kappa shape index (κ2) is 6.52. The third-order valence-electron chi connectivity index (χ3n) is 6.27. The Morgan fingerprint density at radius 2 is 1.36 bits per heavy atom. The van der Waals surface area contributed by atoms with Gasteiger partial charge < -0.3 is 5.32 Å². The molecule has 1 aliphatic rings. The Balaban J connectivity index is 1.80. The van der Waals surface area contributed by atoms with Gasteiger partial charge in [-0.2, -0.15) is 0 Å². The average Bonchev–Trinajstić information content (AvgIpc) is 2.57. The van der Waals surface area contributed by atoms with Crippen LogP contribution in [0.1, 0.15) is 66.1 Å². The molecular formula is C24H33N. The molecule has 0 amide bonds.